The zero-order valence-corrected chi connectivity index (χ0v) is 19.8. The number of epoxide rings is 1. The molecular weight excluding hydrogens is 464 g/mol. The molecule has 5 N–H and O–H groups in total. The van der Waals surface area contributed by atoms with Gasteiger partial charge in [0.05, 0.1) is 30.8 Å². The minimum Gasteiger partial charge on any atom is -0.455 e. The fourth-order valence-electron chi connectivity index (χ4n) is 6.33. The lowest BCUT2D eigenvalue weighted by molar-refractivity contribution is -0.257. The van der Waals surface area contributed by atoms with Crippen molar-refractivity contribution in [1.82, 2.24) is 0 Å². The van der Waals surface area contributed by atoms with Crippen molar-refractivity contribution in [3.05, 3.63) is 24.8 Å². The molecule has 0 amide bonds. The van der Waals surface area contributed by atoms with Crippen molar-refractivity contribution in [3.8, 4) is 0 Å². The molecule has 4 rings (SSSR count). The first-order valence-corrected chi connectivity index (χ1v) is 11.6. The maximum absolute atomic E-state index is 12.8. The van der Waals surface area contributed by atoms with Crippen molar-refractivity contribution >= 4 is 17.7 Å². The molecule has 4 aliphatic rings. The van der Waals surface area contributed by atoms with Gasteiger partial charge in [0.2, 0.25) is 0 Å². The summed E-state index contributed by atoms with van der Waals surface area (Å²) in [5.74, 6) is -6.49. The third-order valence-electron chi connectivity index (χ3n) is 8.66. The zero-order chi connectivity index (χ0) is 26.1. The van der Waals surface area contributed by atoms with E-state index in [0.717, 1.165) is 12.2 Å². The number of hydrogen-bond donors (Lipinski definition) is 5. The Morgan fingerprint density at radius 3 is 2.57 bits per heavy atom. The van der Waals surface area contributed by atoms with Gasteiger partial charge < -0.3 is 39.7 Å². The van der Waals surface area contributed by atoms with Crippen LogP contribution in [0.3, 0.4) is 0 Å². The highest BCUT2D eigenvalue weighted by molar-refractivity contribution is 6.01. The average molecular weight is 497 g/mol. The number of rotatable bonds is 6. The molecule has 11 heteroatoms. The number of esters is 2. The standard InChI is InChI=1S/C24H32O11/c1-5-16(28)33-15-8-22(31)13-6-7-14(27)24(13,32)20(30)23(10-26)18(34-23)17(22)12(3)21(15,4)35-19(29)11(2)9-25/h5-7,11-13,15,17-18,20,25-26,30-32H,1,8-10H2,2-4H3. The number of aliphatic hydroxyl groups is 5. The summed E-state index contributed by atoms with van der Waals surface area (Å²) in [6.07, 6.45) is -1.26. The molecule has 0 aromatic carbocycles. The number of carbonyl (C=O) groups excluding carboxylic acids is 3. The molecule has 11 atom stereocenters. The molecule has 11 unspecified atom stereocenters. The molecule has 2 saturated carbocycles. The van der Waals surface area contributed by atoms with E-state index in [1.165, 1.54) is 19.9 Å². The van der Waals surface area contributed by atoms with Gasteiger partial charge in [-0.3, -0.25) is 9.59 Å². The Labute approximate surface area is 202 Å². The summed E-state index contributed by atoms with van der Waals surface area (Å²) in [5.41, 5.74) is -7.75. The first-order valence-electron chi connectivity index (χ1n) is 11.6. The second-order valence-electron chi connectivity index (χ2n) is 10.4. The molecule has 11 nitrogen and oxygen atoms in total. The van der Waals surface area contributed by atoms with Gasteiger partial charge in [-0.25, -0.2) is 4.79 Å². The van der Waals surface area contributed by atoms with Gasteiger partial charge in [0.1, 0.15) is 23.4 Å². The SMILES string of the molecule is C=CC(=O)OC1CC2(O)C(C(C)C1(C)OC(=O)C(C)CO)C1OC1(CO)C(O)C1(O)C(=O)C=CC21. The van der Waals surface area contributed by atoms with Gasteiger partial charge in [-0.1, -0.05) is 19.6 Å². The molecule has 1 aliphatic heterocycles. The quantitative estimate of drug-likeness (QED) is 0.162. The minimum absolute atomic E-state index is 0.391. The summed E-state index contributed by atoms with van der Waals surface area (Å²) in [7, 11) is 0. The van der Waals surface area contributed by atoms with Crippen molar-refractivity contribution in [2.24, 2.45) is 23.7 Å². The maximum Gasteiger partial charge on any atom is 0.330 e. The largest absolute Gasteiger partial charge is 0.455 e. The first-order chi connectivity index (χ1) is 16.3. The van der Waals surface area contributed by atoms with Crippen LogP contribution in [0.15, 0.2) is 24.8 Å². The minimum atomic E-state index is -2.50. The van der Waals surface area contributed by atoms with Crippen LogP contribution >= 0.6 is 0 Å². The van der Waals surface area contributed by atoms with Gasteiger partial charge in [0.15, 0.2) is 11.4 Å². The van der Waals surface area contributed by atoms with E-state index in [1.54, 1.807) is 6.92 Å². The second kappa shape index (κ2) is 8.19. The van der Waals surface area contributed by atoms with E-state index in [9.17, 15) is 39.9 Å². The molecule has 3 fully saturated rings. The highest BCUT2D eigenvalue weighted by Gasteiger charge is 2.82. The van der Waals surface area contributed by atoms with Gasteiger partial charge in [-0.05, 0) is 19.9 Å². The second-order valence-corrected chi connectivity index (χ2v) is 10.4. The Morgan fingerprint density at radius 1 is 1.34 bits per heavy atom. The Balaban J connectivity index is 1.86. The van der Waals surface area contributed by atoms with E-state index in [2.05, 4.69) is 6.58 Å². The van der Waals surface area contributed by atoms with Crippen LogP contribution in [0.25, 0.3) is 0 Å². The summed E-state index contributed by atoms with van der Waals surface area (Å²) in [5, 5.41) is 54.3. The lowest BCUT2D eigenvalue weighted by Gasteiger charge is -2.56. The Hall–Kier alpha value is -2.15. The van der Waals surface area contributed by atoms with E-state index in [1.807, 2.05) is 0 Å². The topological polar surface area (TPSA) is 183 Å². The van der Waals surface area contributed by atoms with Crippen molar-refractivity contribution in [3.63, 3.8) is 0 Å². The first kappa shape index (κ1) is 25.9. The van der Waals surface area contributed by atoms with E-state index in [4.69, 9.17) is 14.2 Å². The molecular formula is C24H32O11. The van der Waals surface area contributed by atoms with Crippen LogP contribution in [0.4, 0.5) is 0 Å². The van der Waals surface area contributed by atoms with Crippen molar-refractivity contribution in [2.45, 2.75) is 67.9 Å². The lowest BCUT2D eigenvalue weighted by atomic mass is 9.56. The monoisotopic (exact) mass is 496 g/mol. The molecule has 0 aromatic heterocycles. The van der Waals surface area contributed by atoms with Crippen LogP contribution in [0.1, 0.15) is 27.2 Å². The third kappa shape index (κ3) is 3.29. The highest BCUT2D eigenvalue weighted by Crippen LogP contribution is 2.65. The van der Waals surface area contributed by atoms with Gasteiger partial charge >= 0.3 is 11.9 Å². The summed E-state index contributed by atoms with van der Waals surface area (Å²) < 4.78 is 17.1. The van der Waals surface area contributed by atoms with Crippen LogP contribution in [0.2, 0.25) is 0 Å². The molecule has 194 valence electrons. The van der Waals surface area contributed by atoms with Gasteiger partial charge in [0.25, 0.3) is 0 Å². The predicted octanol–water partition coefficient (Wildman–Crippen LogP) is -1.61. The number of carbonyl (C=O) groups is 3. The molecule has 1 saturated heterocycles. The normalized spacial score (nSPS) is 48.6. The highest BCUT2D eigenvalue weighted by atomic mass is 16.6. The van der Waals surface area contributed by atoms with Crippen LogP contribution < -0.4 is 0 Å². The third-order valence-corrected chi connectivity index (χ3v) is 8.66. The Kier molecular flexibility index (Phi) is 6.06. The van der Waals surface area contributed by atoms with Gasteiger partial charge in [-0.15, -0.1) is 0 Å². The zero-order valence-electron chi connectivity index (χ0n) is 19.8. The van der Waals surface area contributed by atoms with Crippen LogP contribution in [-0.2, 0) is 28.6 Å². The van der Waals surface area contributed by atoms with Crippen molar-refractivity contribution in [1.29, 1.82) is 0 Å². The van der Waals surface area contributed by atoms with Crippen LogP contribution in [-0.4, -0.2) is 97.2 Å². The molecule has 35 heavy (non-hydrogen) atoms. The average Bonchev–Trinajstić information content (AvgIpc) is 3.47. The van der Waals surface area contributed by atoms with Gasteiger partial charge in [0, 0.05) is 30.3 Å². The fourth-order valence-corrected chi connectivity index (χ4v) is 6.33. The van der Waals surface area contributed by atoms with Gasteiger partial charge in [-0.2, -0.15) is 0 Å². The number of fused-ring (bicyclic) bond motifs is 5. The summed E-state index contributed by atoms with van der Waals surface area (Å²) in [6, 6.07) is 0. The maximum atomic E-state index is 12.8. The summed E-state index contributed by atoms with van der Waals surface area (Å²) >= 11 is 0. The predicted molar refractivity (Wildman–Crippen MR) is 116 cm³/mol. The molecule has 0 aromatic rings. The molecule has 0 radical (unpaired) electrons. The Morgan fingerprint density at radius 2 is 2.00 bits per heavy atom. The molecule has 0 bridgehead atoms. The molecule has 3 aliphatic carbocycles. The smallest absolute Gasteiger partial charge is 0.330 e. The number of ketones is 1. The van der Waals surface area contributed by atoms with Crippen molar-refractivity contribution in [2.75, 3.05) is 13.2 Å². The number of ether oxygens (including phenoxy) is 3. The summed E-state index contributed by atoms with van der Waals surface area (Å²) in [6.45, 7) is 6.75. The van der Waals surface area contributed by atoms with E-state index < -0.39 is 102 Å². The number of hydrogen-bond acceptors (Lipinski definition) is 11. The van der Waals surface area contributed by atoms with Crippen molar-refractivity contribution < 1.29 is 54.1 Å². The van der Waals surface area contributed by atoms with Crippen LogP contribution in [0, 0.1) is 23.7 Å². The van der Waals surface area contributed by atoms with E-state index in [-0.39, 0.29) is 0 Å². The van der Waals surface area contributed by atoms with E-state index >= 15 is 0 Å². The van der Waals surface area contributed by atoms with Crippen LogP contribution in [0.5, 0.6) is 0 Å². The Bertz CT molecular complexity index is 979. The number of aliphatic hydroxyl groups excluding tert-OH is 3. The van der Waals surface area contributed by atoms with E-state index in [0.29, 0.717) is 0 Å². The molecule has 0 spiro atoms. The lowest BCUT2D eigenvalue weighted by Crippen LogP contribution is -2.69. The molecule has 1 heterocycles. The summed E-state index contributed by atoms with van der Waals surface area (Å²) in [4.78, 5) is 37.7. The fraction of sp³-hybridized carbons (Fsp3) is 0.708.